The van der Waals surface area contributed by atoms with Crippen molar-refractivity contribution in [3.63, 3.8) is 0 Å². The molecule has 0 amide bonds. The quantitative estimate of drug-likeness (QED) is 0.577. The van der Waals surface area contributed by atoms with Gasteiger partial charge in [-0.05, 0) is 43.8 Å². The smallest absolute Gasteiger partial charge is 0.191 e. The summed E-state index contributed by atoms with van der Waals surface area (Å²) in [7, 11) is 1.79. The van der Waals surface area contributed by atoms with E-state index >= 15 is 0 Å². The Bertz CT molecular complexity index is 744. The Hall–Kier alpha value is -2.21. The molecule has 0 saturated carbocycles. The van der Waals surface area contributed by atoms with E-state index in [1.807, 2.05) is 6.92 Å². The Balaban J connectivity index is 1.59. The fourth-order valence-corrected chi connectivity index (χ4v) is 3.78. The molecule has 1 atom stereocenters. The van der Waals surface area contributed by atoms with Crippen LogP contribution in [0.25, 0.3) is 0 Å². The lowest BCUT2D eigenvalue weighted by molar-refractivity contribution is 0.254. The van der Waals surface area contributed by atoms with Crippen molar-refractivity contribution in [1.82, 2.24) is 10.6 Å². The van der Waals surface area contributed by atoms with Crippen molar-refractivity contribution in [2.24, 2.45) is 4.99 Å². The second kappa shape index (κ2) is 8.94. The lowest BCUT2D eigenvalue weighted by Gasteiger charge is -2.15. The van der Waals surface area contributed by atoms with Crippen molar-refractivity contribution in [2.45, 2.75) is 39.3 Å². The van der Waals surface area contributed by atoms with Crippen LogP contribution in [0, 0.1) is 0 Å². The van der Waals surface area contributed by atoms with Gasteiger partial charge in [-0.2, -0.15) is 0 Å². The summed E-state index contributed by atoms with van der Waals surface area (Å²) in [5, 5.41) is 8.84. The van der Waals surface area contributed by atoms with Crippen molar-refractivity contribution in [3.05, 3.63) is 45.6 Å². The molecule has 0 bridgehead atoms. The summed E-state index contributed by atoms with van der Waals surface area (Å²) >= 11 is 1.78. The minimum absolute atomic E-state index is 0.231. The first-order valence-corrected chi connectivity index (χ1v) is 9.99. The molecule has 1 aliphatic rings. The van der Waals surface area contributed by atoms with Crippen LogP contribution in [0.1, 0.15) is 29.9 Å². The molecule has 0 radical (unpaired) electrons. The fraction of sp³-hybridized carbons (Fsp3) is 0.450. The number of hydrogen-bond donors (Lipinski definition) is 2. The summed E-state index contributed by atoms with van der Waals surface area (Å²) in [6, 6.07) is 8.45. The van der Waals surface area contributed by atoms with Crippen LogP contribution in [0.2, 0.25) is 0 Å². The highest BCUT2D eigenvalue weighted by Gasteiger charge is 2.21. The van der Waals surface area contributed by atoms with Crippen LogP contribution in [0.3, 0.4) is 0 Å². The number of nitrogens with one attached hydrogen (secondary N) is 2. The summed E-state index contributed by atoms with van der Waals surface area (Å²) in [6.07, 6.45) is 2.16. The Labute approximate surface area is 159 Å². The van der Waals surface area contributed by atoms with Gasteiger partial charge < -0.3 is 20.1 Å². The Kier molecular flexibility index (Phi) is 6.39. The Morgan fingerprint density at radius 3 is 3.00 bits per heavy atom. The largest absolute Gasteiger partial charge is 0.494 e. The van der Waals surface area contributed by atoms with Crippen LogP contribution in [-0.2, 0) is 19.4 Å². The first-order valence-electron chi connectivity index (χ1n) is 9.11. The molecule has 1 aromatic carbocycles. The van der Waals surface area contributed by atoms with E-state index in [0.717, 1.165) is 42.4 Å². The summed E-state index contributed by atoms with van der Waals surface area (Å²) in [5.41, 5.74) is 2.31. The van der Waals surface area contributed by atoms with Gasteiger partial charge in [0, 0.05) is 42.6 Å². The minimum Gasteiger partial charge on any atom is -0.494 e. The normalized spacial score (nSPS) is 16.1. The summed E-state index contributed by atoms with van der Waals surface area (Å²) in [6.45, 7) is 6.24. The average molecular weight is 374 g/mol. The molecule has 2 aromatic rings. The third kappa shape index (κ3) is 4.69. The molecule has 0 saturated heterocycles. The van der Waals surface area contributed by atoms with E-state index in [2.05, 4.69) is 52.2 Å². The van der Waals surface area contributed by atoms with Crippen LogP contribution in [0.15, 0.2) is 34.6 Å². The Morgan fingerprint density at radius 2 is 2.27 bits per heavy atom. The second-order valence-electron chi connectivity index (χ2n) is 6.32. The van der Waals surface area contributed by atoms with Gasteiger partial charge in [0.05, 0.1) is 6.61 Å². The molecule has 1 unspecified atom stereocenters. The maximum Gasteiger partial charge on any atom is 0.191 e. The number of guanidine groups is 1. The molecule has 2 N–H and O–H groups in total. The molecule has 5 nitrogen and oxygen atoms in total. The average Bonchev–Trinajstić information content (AvgIpc) is 3.26. The zero-order valence-electron chi connectivity index (χ0n) is 15.7. The summed E-state index contributed by atoms with van der Waals surface area (Å²) < 4.78 is 11.7. The highest BCUT2D eigenvalue weighted by Crippen LogP contribution is 2.35. The van der Waals surface area contributed by atoms with Crippen molar-refractivity contribution in [3.8, 4) is 11.5 Å². The monoisotopic (exact) mass is 373 g/mol. The number of hydrogen-bond acceptors (Lipinski definition) is 4. The van der Waals surface area contributed by atoms with E-state index in [9.17, 15) is 0 Å². The van der Waals surface area contributed by atoms with Crippen LogP contribution in [0.4, 0.5) is 0 Å². The highest BCUT2D eigenvalue weighted by atomic mass is 32.1. The molecule has 1 aliphatic heterocycles. The van der Waals surface area contributed by atoms with Gasteiger partial charge in [-0.15, -0.1) is 11.3 Å². The molecule has 0 spiro atoms. The Morgan fingerprint density at radius 1 is 1.38 bits per heavy atom. The van der Waals surface area contributed by atoms with E-state index in [1.54, 1.807) is 18.4 Å². The van der Waals surface area contributed by atoms with Crippen LogP contribution < -0.4 is 20.1 Å². The third-order valence-electron chi connectivity index (χ3n) is 4.29. The molecular weight excluding hydrogens is 346 g/mol. The number of aliphatic imine (C=N–C) groups is 1. The summed E-state index contributed by atoms with van der Waals surface area (Å²) in [4.78, 5) is 5.68. The fourth-order valence-electron chi connectivity index (χ4n) is 3.07. The number of fused-ring (bicyclic) bond motifs is 1. The number of rotatable bonds is 7. The maximum absolute atomic E-state index is 5.89. The predicted octanol–water partition coefficient (Wildman–Crippen LogP) is 3.38. The molecule has 2 heterocycles. The van der Waals surface area contributed by atoms with Crippen molar-refractivity contribution in [1.29, 1.82) is 0 Å². The lowest BCUT2D eigenvalue weighted by Crippen LogP contribution is -2.37. The maximum atomic E-state index is 5.89. The van der Waals surface area contributed by atoms with E-state index in [1.165, 1.54) is 10.4 Å². The number of nitrogens with zero attached hydrogens (tertiary/aromatic N) is 1. The lowest BCUT2D eigenvalue weighted by atomic mass is 10.1. The van der Waals surface area contributed by atoms with Gasteiger partial charge in [-0.1, -0.05) is 6.07 Å². The topological polar surface area (TPSA) is 54.9 Å². The number of benzene rings is 1. The molecule has 0 aliphatic carbocycles. The molecule has 0 fully saturated rings. The van der Waals surface area contributed by atoms with Gasteiger partial charge in [0.15, 0.2) is 5.96 Å². The molecule has 6 heteroatoms. The van der Waals surface area contributed by atoms with Gasteiger partial charge in [0.2, 0.25) is 0 Å². The first kappa shape index (κ1) is 18.6. The van der Waals surface area contributed by atoms with Crippen molar-refractivity contribution < 1.29 is 9.47 Å². The van der Waals surface area contributed by atoms with Gasteiger partial charge in [0.1, 0.15) is 17.6 Å². The SMILES string of the molecule is CCOc1cc2c(cc1CNC(=NC)NCCc1cccs1)OC(C)C2. The van der Waals surface area contributed by atoms with E-state index in [-0.39, 0.29) is 6.10 Å². The van der Waals surface area contributed by atoms with Crippen LogP contribution >= 0.6 is 11.3 Å². The summed E-state index contributed by atoms with van der Waals surface area (Å²) in [5.74, 6) is 2.68. The van der Waals surface area contributed by atoms with Crippen LogP contribution in [0.5, 0.6) is 11.5 Å². The van der Waals surface area contributed by atoms with Gasteiger partial charge in [0.25, 0.3) is 0 Å². The molecule has 26 heavy (non-hydrogen) atoms. The molecule has 1 aromatic heterocycles. The predicted molar refractivity (Wildman–Crippen MR) is 108 cm³/mol. The second-order valence-corrected chi connectivity index (χ2v) is 7.35. The number of thiophene rings is 1. The highest BCUT2D eigenvalue weighted by molar-refractivity contribution is 7.09. The molecular formula is C20H27N3O2S. The third-order valence-corrected chi connectivity index (χ3v) is 5.23. The van der Waals surface area contributed by atoms with Gasteiger partial charge in [-0.25, -0.2) is 0 Å². The molecule has 140 valence electrons. The van der Waals surface area contributed by atoms with Crippen molar-refractivity contribution in [2.75, 3.05) is 20.2 Å². The first-order chi connectivity index (χ1) is 12.7. The zero-order valence-corrected chi connectivity index (χ0v) is 16.5. The van der Waals surface area contributed by atoms with Gasteiger partial charge in [-0.3, -0.25) is 4.99 Å². The van der Waals surface area contributed by atoms with Gasteiger partial charge >= 0.3 is 0 Å². The zero-order chi connectivity index (χ0) is 18.4. The van der Waals surface area contributed by atoms with E-state index < -0.39 is 0 Å². The van der Waals surface area contributed by atoms with E-state index in [4.69, 9.17) is 9.47 Å². The molecule has 3 rings (SSSR count). The van der Waals surface area contributed by atoms with Crippen LogP contribution in [-0.4, -0.2) is 32.3 Å². The standard InChI is InChI=1S/C20H27N3O2S/c1-4-24-18-11-15-10-14(2)25-19(15)12-16(18)13-23-20(21-3)22-8-7-17-6-5-9-26-17/h5-6,9,11-12,14H,4,7-8,10,13H2,1-3H3,(H2,21,22,23). The number of ether oxygens (including phenoxy) is 2. The van der Waals surface area contributed by atoms with E-state index in [0.29, 0.717) is 13.2 Å². The van der Waals surface area contributed by atoms with Crippen molar-refractivity contribution >= 4 is 17.3 Å². The minimum atomic E-state index is 0.231.